The van der Waals surface area contributed by atoms with Crippen molar-refractivity contribution in [1.82, 2.24) is 5.32 Å². The lowest BCUT2D eigenvalue weighted by Crippen LogP contribution is -2.43. The minimum Gasteiger partial charge on any atom is -0.394 e. The van der Waals surface area contributed by atoms with Crippen LogP contribution >= 0.6 is 0 Å². The summed E-state index contributed by atoms with van der Waals surface area (Å²) in [6, 6.07) is 3.75. The number of amides is 2. The van der Waals surface area contributed by atoms with Gasteiger partial charge in [0.1, 0.15) is 0 Å². The molecule has 0 aromatic heterocycles. The lowest BCUT2D eigenvalue weighted by Gasteiger charge is -2.13. The molecule has 0 spiro atoms. The first-order valence-electron chi connectivity index (χ1n) is 6.92. The highest BCUT2D eigenvalue weighted by atomic mass is 16.6. The van der Waals surface area contributed by atoms with Crippen LogP contribution in [0.15, 0.2) is 18.2 Å². The van der Waals surface area contributed by atoms with Gasteiger partial charge < -0.3 is 15.7 Å². The van der Waals surface area contributed by atoms with E-state index >= 15 is 0 Å². The molecule has 0 aliphatic carbocycles. The molecule has 0 aliphatic heterocycles. The molecular formula is C14H19N3O5. The summed E-state index contributed by atoms with van der Waals surface area (Å²) in [6.45, 7) is 3.27. The summed E-state index contributed by atoms with van der Waals surface area (Å²) < 4.78 is 0. The monoisotopic (exact) mass is 309 g/mol. The Kier molecular flexibility index (Phi) is 6.46. The first-order valence-corrected chi connectivity index (χ1v) is 6.92. The average Bonchev–Trinajstić information content (AvgIpc) is 2.51. The van der Waals surface area contributed by atoms with E-state index in [1.165, 1.54) is 18.2 Å². The van der Waals surface area contributed by atoms with Crippen LogP contribution in [0.25, 0.3) is 0 Å². The first kappa shape index (κ1) is 17.6. The topological polar surface area (TPSA) is 122 Å². The smallest absolute Gasteiger partial charge is 0.313 e. The second-order valence-electron chi connectivity index (χ2n) is 4.67. The number of aliphatic hydroxyl groups is 1. The third-order valence-electron chi connectivity index (χ3n) is 3.18. The Hall–Kier alpha value is -2.48. The highest BCUT2D eigenvalue weighted by Gasteiger charge is 2.19. The highest BCUT2D eigenvalue weighted by molar-refractivity contribution is 6.39. The SMILES string of the molecule is CCc1ccc(NC(=O)C(=O)NC(CC)CO)cc1[N+](=O)[O-]. The van der Waals surface area contributed by atoms with Gasteiger partial charge in [0, 0.05) is 17.3 Å². The Morgan fingerprint density at radius 2 is 2.00 bits per heavy atom. The van der Waals surface area contributed by atoms with Crippen molar-refractivity contribution in [3.63, 3.8) is 0 Å². The van der Waals surface area contributed by atoms with E-state index < -0.39 is 22.8 Å². The van der Waals surface area contributed by atoms with Crippen LogP contribution in [0.2, 0.25) is 0 Å². The molecule has 0 saturated carbocycles. The molecule has 0 saturated heterocycles. The molecule has 0 fully saturated rings. The van der Waals surface area contributed by atoms with Crippen molar-refractivity contribution in [3.8, 4) is 0 Å². The maximum Gasteiger partial charge on any atom is 0.313 e. The number of hydrogen-bond acceptors (Lipinski definition) is 5. The van der Waals surface area contributed by atoms with Gasteiger partial charge >= 0.3 is 11.8 Å². The molecule has 2 amide bonds. The molecule has 8 heteroatoms. The molecular weight excluding hydrogens is 290 g/mol. The zero-order valence-corrected chi connectivity index (χ0v) is 12.5. The van der Waals surface area contributed by atoms with E-state index in [4.69, 9.17) is 5.11 Å². The molecule has 0 aliphatic rings. The van der Waals surface area contributed by atoms with Gasteiger partial charge in [0.15, 0.2) is 0 Å². The van der Waals surface area contributed by atoms with E-state index in [-0.39, 0.29) is 18.0 Å². The number of rotatable bonds is 6. The Morgan fingerprint density at radius 3 is 2.50 bits per heavy atom. The van der Waals surface area contributed by atoms with E-state index in [1.54, 1.807) is 13.8 Å². The minimum absolute atomic E-state index is 0.109. The zero-order valence-electron chi connectivity index (χ0n) is 12.5. The van der Waals surface area contributed by atoms with E-state index in [9.17, 15) is 19.7 Å². The van der Waals surface area contributed by atoms with E-state index in [2.05, 4.69) is 10.6 Å². The van der Waals surface area contributed by atoms with E-state index in [0.717, 1.165) is 0 Å². The molecule has 3 N–H and O–H groups in total. The summed E-state index contributed by atoms with van der Waals surface area (Å²) in [5, 5.41) is 24.6. The van der Waals surface area contributed by atoms with Gasteiger partial charge in [-0.15, -0.1) is 0 Å². The molecule has 1 rings (SSSR count). The van der Waals surface area contributed by atoms with Crippen LogP contribution in [-0.4, -0.2) is 34.5 Å². The summed E-state index contributed by atoms with van der Waals surface area (Å²) in [6.07, 6.45) is 0.964. The lowest BCUT2D eigenvalue weighted by molar-refractivity contribution is -0.385. The molecule has 8 nitrogen and oxygen atoms in total. The van der Waals surface area contributed by atoms with Gasteiger partial charge in [-0.3, -0.25) is 19.7 Å². The predicted molar refractivity (Wildman–Crippen MR) is 80.4 cm³/mol. The van der Waals surface area contributed by atoms with Crippen molar-refractivity contribution in [2.75, 3.05) is 11.9 Å². The van der Waals surface area contributed by atoms with Crippen LogP contribution in [-0.2, 0) is 16.0 Å². The Bertz CT molecular complexity index is 570. The number of carbonyl (C=O) groups is 2. The maximum absolute atomic E-state index is 11.7. The van der Waals surface area contributed by atoms with E-state index in [1.807, 2.05) is 0 Å². The summed E-state index contributed by atoms with van der Waals surface area (Å²) in [5.74, 6) is -1.84. The summed E-state index contributed by atoms with van der Waals surface area (Å²) in [4.78, 5) is 33.8. The predicted octanol–water partition coefficient (Wildman–Crippen LogP) is 0.983. The van der Waals surface area contributed by atoms with Crippen molar-refractivity contribution in [1.29, 1.82) is 0 Å². The number of nitro benzene ring substituents is 1. The van der Waals surface area contributed by atoms with Gasteiger partial charge in [-0.2, -0.15) is 0 Å². The highest BCUT2D eigenvalue weighted by Crippen LogP contribution is 2.23. The van der Waals surface area contributed by atoms with Gasteiger partial charge in [-0.1, -0.05) is 19.9 Å². The fourth-order valence-electron chi connectivity index (χ4n) is 1.83. The lowest BCUT2D eigenvalue weighted by atomic mass is 10.1. The molecule has 1 atom stereocenters. The molecule has 1 unspecified atom stereocenters. The van der Waals surface area contributed by atoms with Crippen LogP contribution in [0, 0.1) is 10.1 Å². The standard InChI is InChI=1S/C14H19N3O5/c1-3-9-5-6-11(7-12(9)17(21)22)16-14(20)13(19)15-10(4-2)8-18/h5-7,10,18H,3-4,8H2,1-2H3,(H,15,19)(H,16,20). The Labute approximate surface area is 127 Å². The number of nitro groups is 1. The van der Waals surface area contributed by atoms with Gasteiger partial charge in [-0.25, -0.2) is 0 Å². The van der Waals surface area contributed by atoms with Crippen LogP contribution in [0.4, 0.5) is 11.4 Å². The summed E-state index contributed by atoms with van der Waals surface area (Å²) in [5.41, 5.74) is 0.599. The van der Waals surface area contributed by atoms with Crippen LogP contribution in [0.1, 0.15) is 25.8 Å². The molecule has 1 aromatic carbocycles. The van der Waals surface area contributed by atoms with Crippen molar-refractivity contribution < 1.29 is 19.6 Å². The van der Waals surface area contributed by atoms with Crippen molar-refractivity contribution in [3.05, 3.63) is 33.9 Å². The second kappa shape index (κ2) is 8.08. The number of carbonyl (C=O) groups excluding carboxylic acids is 2. The fourth-order valence-corrected chi connectivity index (χ4v) is 1.83. The zero-order chi connectivity index (χ0) is 16.7. The van der Waals surface area contributed by atoms with Crippen LogP contribution < -0.4 is 10.6 Å². The summed E-state index contributed by atoms with van der Waals surface area (Å²) in [7, 11) is 0. The third-order valence-corrected chi connectivity index (χ3v) is 3.18. The number of benzene rings is 1. The van der Waals surface area contributed by atoms with Crippen molar-refractivity contribution >= 4 is 23.2 Å². The van der Waals surface area contributed by atoms with Gasteiger partial charge in [0.25, 0.3) is 5.69 Å². The number of anilines is 1. The molecule has 0 bridgehead atoms. The Balaban J connectivity index is 2.82. The number of aryl methyl sites for hydroxylation is 1. The average molecular weight is 309 g/mol. The van der Waals surface area contributed by atoms with Gasteiger partial charge in [0.2, 0.25) is 0 Å². The maximum atomic E-state index is 11.7. The molecule has 120 valence electrons. The quantitative estimate of drug-likeness (QED) is 0.411. The normalized spacial score (nSPS) is 11.6. The van der Waals surface area contributed by atoms with E-state index in [0.29, 0.717) is 18.4 Å². The summed E-state index contributed by atoms with van der Waals surface area (Å²) >= 11 is 0. The van der Waals surface area contributed by atoms with Gasteiger partial charge in [0.05, 0.1) is 17.6 Å². The number of nitrogens with one attached hydrogen (secondary N) is 2. The minimum atomic E-state index is -0.939. The largest absolute Gasteiger partial charge is 0.394 e. The Morgan fingerprint density at radius 1 is 1.32 bits per heavy atom. The number of nitrogens with zero attached hydrogens (tertiary/aromatic N) is 1. The second-order valence-corrected chi connectivity index (χ2v) is 4.67. The van der Waals surface area contributed by atoms with Crippen LogP contribution in [0.3, 0.4) is 0 Å². The van der Waals surface area contributed by atoms with Crippen molar-refractivity contribution in [2.24, 2.45) is 0 Å². The molecule has 1 aromatic rings. The van der Waals surface area contributed by atoms with Gasteiger partial charge in [-0.05, 0) is 18.9 Å². The molecule has 0 heterocycles. The number of hydrogen-bond donors (Lipinski definition) is 3. The molecule has 22 heavy (non-hydrogen) atoms. The van der Waals surface area contributed by atoms with Crippen molar-refractivity contribution in [2.45, 2.75) is 32.7 Å². The first-order chi connectivity index (χ1) is 10.4. The molecule has 0 radical (unpaired) electrons. The number of aliphatic hydroxyl groups excluding tert-OH is 1. The van der Waals surface area contributed by atoms with Crippen LogP contribution in [0.5, 0.6) is 0 Å². The fraction of sp³-hybridized carbons (Fsp3) is 0.429. The third kappa shape index (κ3) is 4.52.